The van der Waals surface area contributed by atoms with Crippen LogP contribution in [0.3, 0.4) is 0 Å². The molecule has 128 valence electrons. The molecule has 2 N–H and O–H groups in total. The van der Waals surface area contributed by atoms with E-state index in [4.69, 9.17) is 10.5 Å². The molecule has 0 atom stereocenters. The van der Waals surface area contributed by atoms with Crippen molar-refractivity contribution in [2.75, 3.05) is 12.8 Å². The van der Waals surface area contributed by atoms with Gasteiger partial charge >= 0.3 is 5.97 Å². The summed E-state index contributed by atoms with van der Waals surface area (Å²) in [5.74, 6) is -0.788. The molecule has 25 heavy (non-hydrogen) atoms. The Morgan fingerprint density at radius 1 is 1.24 bits per heavy atom. The van der Waals surface area contributed by atoms with Crippen LogP contribution >= 0.6 is 15.9 Å². The number of carbonyl (C=O) groups is 1. The second-order valence-electron chi connectivity index (χ2n) is 5.41. The van der Waals surface area contributed by atoms with Gasteiger partial charge in [-0.2, -0.15) is 0 Å². The van der Waals surface area contributed by atoms with Crippen molar-refractivity contribution >= 4 is 27.6 Å². The summed E-state index contributed by atoms with van der Waals surface area (Å²) in [5, 5.41) is 0. The maximum Gasteiger partial charge on any atom is 0.354 e. The van der Waals surface area contributed by atoms with Crippen molar-refractivity contribution in [1.29, 1.82) is 0 Å². The van der Waals surface area contributed by atoms with Gasteiger partial charge in [0.2, 0.25) is 0 Å². The van der Waals surface area contributed by atoms with Gasteiger partial charge in [-0.25, -0.2) is 14.2 Å². The average Bonchev–Trinajstić information content (AvgIpc) is 3.02. The second kappa shape index (κ2) is 7.06. The summed E-state index contributed by atoms with van der Waals surface area (Å²) in [6.45, 7) is 0.302. The summed E-state index contributed by atoms with van der Waals surface area (Å²) in [7, 11) is 1.32. The Kier molecular flexibility index (Phi) is 4.85. The van der Waals surface area contributed by atoms with E-state index in [1.54, 1.807) is 41.1 Å². The first-order valence-corrected chi connectivity index (χ1v) is 8.22. The monoisotopic (exact) mass is 403 g/mol. The molecular formula is C18H15BrFN3O2. The number of ether oxygens (including phenoxy) is 1. The van der Waals surface area contributed by atoms with Crippen LogP contribution in [0.1, 0.15) is 16.2 Å². The van der Waals surface area contributed by atoms with Gasteiger partial charge in [0.1, 0.15) is 16.1 Å². The van der Waals surface area contributed by atoms with Crippen molar-refractivity contribution in [3.05, 3.63) is 70.5 Å². The number of esters is 1. The zero-order valence-corrected chi connectivity index (χ0v) is 15.0. The van der Waals surface area contributed by atoms with Crippen LogP contribution in [-0.4, -0.2) is 22.6 Å². The van der Waals surface area contributed by atoms with Crippen molar-refractivity contribution in [2.24, 2.45) is 0 Å². The lowest BCUT2D eigenvalue weighted by atomic mass is 10.1. The molecule has 0 saturated carbocycles. The van der Waals surface area contributed by atoms with Crippen molar-refractivity contribution in [3.63, 3.8) is 0 Å². The molecule has 0 aliphatic heterocycles. The van der Waals surface area contributed by atoms with E-state index in [1.807, 2.05) is 0 Å². The SMILES string of the molecule is COC(=O)c1cc(-c2ccc(F)cc2)cn1Cc1nc(Br)ccc1N. The van der Waals surface area contributed by atoms with Gasteiger partial charge in [0, 0.05) is 11.8 Å². The quantitative estimate of drug-likeness (QED) is 0.530. The Hall–Kier alpha value is -2.67. The van der Waals surface area contributed by atoms with Crippen LogP contribution in [0, 0.1) is 5.82 Å². The molecule has 0 saturated heterocycles. The summed E-state index contributed by atoms with van der Waals surface area (Å²) in [6, 6.07) is 11.3. The first-order valence-electron chi connectivity index (χ1n) is 7.43. The predicted octanol–water partition coefficient (Wildman–Crippen LogP) is 3.87. The van der Waals surface area contributed by atoms with E-state index < -0.39 is 5.97 Å². The number of rotatable bonds is 4. The number of aromatic nitrogens is 2. The van der Waals surface area contributed by atoms with Crippen LogP contribution in [0.15, 0.2) is 53.3 Å². The topological polar surface area (TPSA) is 70.1 Å². The highest BCUT2D eigenvalue weighted by molar-refractivity contribution is 9.10. The number of hydrogen-bond acceptors (Lipinski definition) is 4. The maximum absolute atomic E-state index is 13.1. The summed E-state index contributed by atoms with van der Waals surface area (Å²) in [5.41, 5.74) is 9.05. The zero-order chi connectivity index (χ0) is 18.0. The fraction of sp³-hybridized carbons (Fsp3) is 0.111. The first-order chi connectivity index (χ1) is 12.0. The number of halogens is 2. The fourth-order valence-electron chi connectivity index (χ4n) is 2.49. The summed E-state index contributed by atoms with van der Waals surface area (Å²) >= 11 is 3.32. The highest BCUT2D eigenvalue weighted by atomic mass is 79.9. The minimum absolute atomic E-state index is 0.302. The molecule has 7 heteroatoms. The molecule has 0 spiro atoms. The molecule has 0 amide bonds. The molecule has 5 nitrogen and oxygen atoms in total. The predicted molar refractivity (Wildman–Crippen MR) is 96.6 cm³/mol. The first kappa shape index (κ1) is 17.2. The molecule has 3 aromatic rings. The number of nitrogens with zero attached hydrogens (tertiary/aromatic N) is 2. The third kappa shape index (κ3) is 3.71. The lowest BCUT2D eigenvalue weighted by Gasteiger charge is -2.09. The third-order valence-corrected chi connectivity index (χ3v) is 4.21. The molecule has 0 aliphatic carbocycles. The standard InChI is InChI=1S/C18H15BrFN3O2/c1-25-18(24)16-8-12(11-2-4-13(20)5-3-11)9-23(16)10-15-14(21)6-7-17(19)22-15/h2-9H,10,21H2,1H3. The fourth-order valence-corrected chi connectivity index (χ4v) is 2.84. The van der Waals surface area contributed by atoms with E-state index in [2.05, 4.69) is 20.9 Å². The lowest BCUT2D eigenvalue weighted by molar-refractivity contribution is 0.0589. The molecule has 0 unspecified atom stereocenters. The van der Waals surface area contributed by atoms with Gasteiger partial charge in [-0.15, -0.1) is 0 Å². The number of nitrogen functional groups attached to an aromatic ring is 1. The Balaban J connectivity index is 2.03. The van der Waals surface area contributed by atoms with Crippen LogP contribution in [0.4, 0.5) is 10.1 Å². The minimum Gasteiger partial charge on any atom is -0.464 e. The maximum atomic E-state index is 13.1. The van der Waals surface area contributed by atoms with Crippen molar-refractivity contribution in [1.82, 2.24) is 9.55 Å². The molecule has 2 aromatic heterocycles. The number of benzene rings is 1. The molecule has 2 heterocycles. The van der Waals surface area contributed by atoms with Gasteiger partial charge in [-0.1, -0.05) is 12.1 Å². The highest BCUT2D eigenvalue weighted by Gasteiger charge is 2.16. The van der Waals surface area contributed by atoms with Crippen LogP contribution in [-0.2, 0) is 11.3 Å². The molecule has 0 fully saturated rings. The van der Waals surface area contributed by atoms with E-state index in [1.165, 1.54) is 19.2 Å². The van der Waals surface area contributed by atoms with Gasteiger partial charge in [-0.05, 0) is 51.8 Å². The van der Waals surface area contributed by atoms with Crippen LogP contribution in [0.5, 0.6) is 0 Å². The number of pyridine rings is 1. The average molecular weight is 404 g/mol. The Morgan fingerprint density at radius 3 is 2.64 bits per heavy atom. The van der Waals surface area contributed by atoms with E-state index in [0.717, 1.165) is 11.1 Å². The van der Waals surface area contributed by atoms with Crippen LogP contribution in [0.25, 0.3) is 11.1 Å². The van der Waals surface area contributed by atoms with E-state index in [9.17, 15) is 9.18 Å². The lowest BCUT2D eigenvalue weighted by Crippen LogP contribution is -2.12. The number of carbonyl (C=O) groups excluding carboxylic acids is 1. The molecule has 0 radical (unpaired) electrons. The highest BCUT2D eigenvalue weighted by Crippen LogP contribution is 2.25. The second-order valence-corrected chi connectivity index (χ2v) is 6.22. The van der Waals surface area contributed by atoms with Gasteiger partial charge in [0.25, 0.3) is 0 Å². The van der Waals surface area contributed by atoms with Gasteiger partial charge in [-0.3, -0.25) is 0 Å². The van der Waals surface area contributed by atoms with Crippen molar-refractivity contribution in [2.45, 2.75) is 6.54 Å². The number of nitrogens with two attached hydrogens (primary N) is 1. The summed E-state index contributed by atoms with van der Waals surface area (Å²) in [6.07, 6.45) is 1.79. The van der Waals surface area contributed by atoms with E-state index in [-0.39, 0.29) is 5.82 Å². The number of hydrogen-bond donors (Lipinski definition) is 1. The summed E-state index contributed by atoms with van der Waals surface area (Å²) in [4.78, 5) is 16.5. The Morgan fingerprint density at radius 2 is 1.96 bits per heavy atom. The summed E-state index contributed by atoms with van der Waals surface area (Å²) < 4.78 is 20.4. The third-order valence-electron chi connectivity index (χ3n) is 3.76. The minimum atomic E-state index is -0.470. The van der Waals surface area contributed by atoms with E-state index >= 15 is 0 Å². The smallest absolute Gasteiger partial charge is 0.354 e. The van der Waals surface area contributed by atoms with Crippen molar-refractivity contribution in [3.8, 4) is 11.1 Å². The molecular weight excluding hydrogens is 389 g/mol. The number of anilines is 1. The van der Waals surface area contributed by atoms with Crippen LogP contribution in [0.2, 0.25) is 0 Å². The van der Waals surface area contributed by atoms with Crippen molar-refractivity contribution < 1.29 is 13.9 Å². The van der Waals surface area contributed by atoms with Crippen LogP contribution < -0.4 is 5.73 Å². The molecule has 0 aliphatic rings. The normalized spacial score (nSPS) is 10.7. The Labute approximate surface area is 152 Å². The van der Waals surface area contributed by atoms with Gasteiger partial charge < -0.3 is 15.0 Å². The van der Waals surface area contributed by atoms with Gasteiger partial charge in [0.15, 0.2) is 0 Å². The Bertz CT molecular complexity index is 923. The zero-order valence-electron chi connectivity index (χ0n) is 13.4. The molecule has 3 rings (SSSR count). The largest absolute Gasteiger partial charge is 0.464 e. The molecule has 1 aromatic carbocycles. The van der Waals surface area contributed by atoms with Gasteiger partial charge in [0.05, 0.1) is 25.0 Å². The molecule has 0 bridgehead atoms. The van der Waals surface area contributed by atoms with E-state index in [0.29, 0.717) is 28.2 Å². The number of methoxy groups -OCH3 is 1.